The Morgan fingerprint density at radius 1 is 1.15 bits per heavy atom. The van der Waals surface area contributed by atoms with Gasteiger partial charge in [0, 0.05) is 10.2 Å². The van der Waals surface area contributed by atoms with Crippen molar-refractivity contribution < 1.29 is 9.53 Å². The van der Waals surface area contributed by atoms with Crippen molar-refractivity contribution in [3.05, 3.63) is 63.6 Å². The molecule has 2 aromatic rings. The number of rotatable bonds is 3. The van der Waals surface area contributed by atoms with Crippen LogP contribution in [0.1, 0.15) is 16.7 Å². The normalized spacial score (nSPS) is 10.2. The van der Waals surface area contributed by atoms with Crippen LogP contribution in [0.2, 0.25) is 0 Å². The number of halogens is 1. The maximum atomic E-state index is 11.7. The average Bonchev–Trinajstić information content (AvgIpc) is 2.43. The lowest BCUT2D eigenvalue weighted by Gasteiger charge is -2.10. The lowest BCUT2D eigenvalue weighted by atomic mass is 10.1. The molecule has 104 valence electrons. The minimum Gasteiger partial charge on any atom is -0.444 e. The summed E-state index contributed by atoms with van der Waals surface area (Å²) in [6.07, 6.45) is -0.449. The Balaban J connectivity index is 1.95. The van der Waals surface area contributed by atoms with E-state index < -0.39 is 6.09 Å². The van der Waals surface area contributed by atoms with E-state index in [1.807, 2.05) is 56.3 Å². The molecule has 0 radical (unpaired) electrons. The summed E-state index contributed by atoms with van der Waals surface area (Å²) >= 11 is 3.50. The first-order valence-corrected chi connectivity index (χ1v) is 7.10. The maximum Gasteiger partial charge on any atom is 0.411 e. The van der Waals surface area contributed by atoms with Crippen LogP contribution >= 0.6 is 15.9 Å². The second-order valence-electron chi connectivity index (χ2n) is 4.61. The highest BCUT2D eigenvalue weighted by molar-refractivity contribution is 9.10. The van der Waals surface area contributed by atoms with Crippen LogP contribution in [-0.4, -0.2) is 6.09 Å². The summed E-state index contributed by atoms with van der Waals surface area (Å²) in [7, 11) is 0. The van der Waals surface area contributed by atoms with Gasteiger partial charge in [0.15, 0.2) is 0 Å². The number of nitrogens with one attached hydrogen (secondary N) is 1. The quantitative estimate of drug-likeness (QED) is 0.874. The van der Waals surface area contributed by atoms with Gasteiger partial charge in [-0.25, -0.2) is 4.79 Å². The van der Waals surface area contributed by atoms with E-state index in [0.717, 1.165) is 26.9 Å². The molecule has 0 heterocycles. The zero-order chi connectivity index (χ0) is 14.5. The molecule has 0 spiro atoms. The fourth-order valence-electron chi connectivity index (χ4n) is 1.90. The predicted molar refractivity (Wildman–Crippen MR) is 83.9 cm³/mol. The molecule has 0 aliphatic rings. The minimum atomic E-state index is -0.449. The molecule has 0 aliphatic heterocycles. The molecule has 0 bridgehead atoms. The van der Waals surface area contributed by atoms with E-state index >= 15 is 0 Å². The number of hydrogen-bond acceptors (Lipinski definition) is 2. The summed E-state index contributed by atoms with van der Waals surface area (Å²) in [4.78, 5) is 11.7. The fourth-order valence-corrected chi connectivity index (χ4v) is 2.12. The van der Waals surface area contributed by atoms with Gasteiger partial charge in [-0.3, -0.25) is 5.32 Å². The van der Waals surface area contributed by atoms with E-state index in [1.54, 1.807) is 0 Å². The van der Waals surface area contributed by atoms with Crippen molar-refractivity contribution in [2.75, 3.05) is 5.32 Å². The Labute approximate surface area is 127 Å². The smallest absolute Gasteiger partial charge is 0.411 e. The van der Waals surface area contributed by atoms with Crippen LogP contribution in [0.4, 0.5) is 10.5 Å². The van der Waals surface area contributed by atoms with Gasteiger partial charge < -0.3 is 4.74 Å². The van der Waals surface area contributed by atoms with Crippen LogP contribution in [0.15, 0.2) is 46.9 Å². The van der Waals surface area contributed by atoms with Crippen LogP contribution in [0, 0.1) is 13.8 Å². The van der Waals surface area contributed by atoms with Gasteiger partial charge in [0.2, 0.25) is 0 Å². The molecule has 0 aliphatic carbocycles. The van der Waals surface area contributed by atoms with E-state index in [-0.39, 0.29) is 6.61 Å². The molecule has 0 unspecified atom stereocenters. The van der Waals surface area contributed by atoms with Gasteiger partial charge in [-0.2, -0.15) is 0 Å². The number of carbonyl (C=O) groups excluding carboxylic acids is 1. The molecule has 0 saturated heterocycles. The SMILES string of the molecule is Cc1cc(NC(=O)OCc2ccccc2)cc(C)c1Br. The van der Waals surface area contributed by atoms with Gasteiger partial charge in [0.25, 0.3) is 0 Å². The Morgan fingerprint density at radius 3 is 2.35 bits per heavy atom. The van der Waals surface area contributed by atoms with E-state index in [1.165, 1.54) is 0 Å². The van der Waals surface area contributed by atoms with Gasteiger partial charge >= 0.3 is 6.09 Å². The van der Waals surface area contributed by atoms with Crippen molar-refractivity contribution in [1.29, 1.82) is 0 Å². The number of hydrogen-bond donors (Lipinski definition) is 1. The van der Waals surface area contributed by atoms with E-state index in [2.05, 4.69) is 21.2 Å². The van der Waals surface area contributed by atoms with Crippen molar-refractivity contribution in [1.82, 2.24) is 0 Å². The van der Waals surface area contributed by atoms with Crippen molar-refractivity contribution in [2.24, 2.45) is 0 Å². The van der Waals surface area contributed by atoms with Gasteiger partial charge in [-0.05, 0) is 42.7 Å². The van der Waals surface area contributed by atoms with Crippen molar-refractivity contribution in [3.63, 3.8) is 0 Å². The molecule has 4 heteroatoms. The standard InChI is InChI=1S/C16H16BrNO2/c1-11-8-14(9-12(2)15(11)17)18-16(19)20-10-13-6-4-3-5-7-13/h3-9H,10H2,1-2H3,(H,18,19). The van der Waals surface area contributed by atoms with Gasteiger partial charge in [-0.15, -0.1) is 0 Å². The molecule has 0 atom stereocenters. The minimum absolute atomic E-state index is 0.265. The average molecular weight is 334 g/mol. The molecule has 2 rings (SSSR count). The van der Waals surface area contributed by atoms with Crippen molar-refractivity contribution >= 4 is 27.7 Å². The predicted octanol–water partition coefficient (Wildman–Crippen LogP) is 4.81. The fraction of sp³-hybridized carbons (Fsp3) is 0.188. The largest absolute Gasteiger partial charge is 0.444 e. The molecular weight excluding hydrogens is 318 g/mol. The molecule has 1 N–H and O–H groups in total. The van der Waals surface area contributed by atoms with E-state index in [0.29, 0.717) is 0 Å². The molecule has 20 heavy (non-hydrogen) atoms. The molecule has 3 nitrogen and oxygen atoms in total. The Morgan fingerprint density at radius 2 is 1.75 bits per heavy atom. The first-order chi connectivity index (χ1) is 9.56. The number of aryl methyl sites for hydroxylation is 2. The second kappa shape index (κ2) is 6.57. The summed E-state index contributed by atoms with van der Waals surface area (Å²) in [5.74, 6) is 0. The highest BCUT2D eigenvalue weighted by atomic mass is 79.9. The summed E-state index contributed by atoms with van der Waals surface area (Å²) in [6.45, 7) is 4.23. The van der Waals surface area contributed by atoms with Gasteiger partial charge in [0.1, 0.15) is 6.61 Å². The third kappa shape index (κ3) is 3.84. The van der Waals surface area contributed by atoms with E-state index in [9.17, 15) is 4.79 Å². The highest BCUT2D eigenvalue weighted by Crippen LogP contribution is 2.25. The monoisotopic (exact) mass is 333 g/mol. The molecule has 0 saturated carbocycles. The second-order valence-corrected chi connectivity index (χ2v) is 5.40. The molecule has 0 aromatic heterocycles. The summed E-state index contributed by atoms with van der Waals surface area (Å²) in [6, 6.07) is 13.4. The molecule has 0 fully saturated rings. The summed E-state index contributed by atoms with van der Waals surface area (Å²) in [5.41, 5.74) is 3.85. The topological polar surface area (TPSA) is 38.3 Å². The van der Waals surface area contributed by atoms with Crippen LogP contribution in [0.25, 0.3) is 0 Å². The molecule has 1 amide bonds. The first-order valence-electron chi connectivity index (χ1n) is 6.30. The Bertz CT molecular complexity index is 588. The van der Waals surface area contributed by atoms with Crippen molar-refractivity contribution in [3.8, 4) is 0 Å². The molecular formula is C16H16BrNO2. The summed E-state index contributed by atoms with van der Waals surface area (Å²) < 4.78 is 6.24. The number of carbonyl (C=O) groups is 1. The highest BCUT2D eigenvalue weighted by Gasteiger charge is 2.07. The van der Waals surface area contributed by atoms with Crippen LogP contribution < -0.4 is 5.32 Å². The summed E-state index contributed by atoms with van der Waals surface area (Å²) in [5, 5.41) is 2.74. The third-order valence-electron chi connectivity index (χ3n) is 2.90. The number of amides is 1. The first kappa shape index (κ1) is 14.6. The maximum absolute atomic E-state index is 11.7. The van der Waals surface area contributed by atoms with Gasteiger partial charge in [-0.1, -0.05) is 46.3 Å². The van der Waals surface area contributed by atoms with Gasteiger partial charge in [0.05, 0.1) is 0 Å². The van der Waals surface area contributed by atoms with E-state index in [4.69, 9.17) is 4.74 Å². The Kier molecular flexibility index (Phi) is 4.79. The zero-order valence-electron chi connectivity index (χ0n) is 11.4. The Hall–Kier alpha value is -1.81. The van der Waals surface area contributed by atoms with Crippen LogP contribution in [-0.2, 0) is 11.3 Å². The van der Waals surface area contributed by atoms with Crippen molar-refractivity contribution in [2.45, 2.75) is 20.5 Å². The number of ether oxygens (including phenoxy) is 1. The lowest BCUT2D eigenvalue weighted by Crippen LogP contribution is -2.13. The van der Waals surface area contributed by atoms with Crippen LogP contribution in [0.5, 0.6) is 0 Å². The number of anilines is 1. The molecule has 2 aromatic carbocycles. The lowest BCUT2D eigenvalue weighted by molar-refractivity contribution is 0.155. The van der Waals surface area contributed by atoms with Crippen LogP contribution in [0.3, 0.4) is 0 Å². The third-order valence-corrected chi connectivity index (χ3v) is 4.15. The number of benzene rings is 2. The zero-order valence-corrected chi connectivity index (χ0v) is 13.0.